The maximum Gasteiger partial charge on any atom is 0.335 e. The van der Waals surface area contributed by atoms with E-state index in [0.29, 0.717) is 30.0 Å². The van der Waals surface area contributed by atoms with Crippen molar-refractivity contribution >= 4 is 39.5 Å². The first-order chi connectivity index (χ1) is 14.6. The molecule has 3 aromatic carbocycles. The average molecular weight is 401 g/mol. The first kappa shape index (κ1) is 18.2. The summed E-state index contributed by atoms with van der Waals surface area (Å²) in [5.41, 5.74) is 3.42. The van der Waals surface area contributed by atoms with E-state index in [-0.39, 0.29) is 17.4 Å². The molecule has 1 atom stereocenters. The Hall–Kier alpha value is -3.80. The molecule has 0 saturated carbocycles. The molecular weight excluding hydrogens is 382 g/mol. The van der Waals surface area contributed by atoms with Crippen LogP contribution < -0.4 is 9.64 Å². The number of benzene rings is 3. The van der Waals surface area contributed by atoms with E-state index in [1.165, 1.54) is 12.1 Å². The summed E-state index contributed by atoms with van der Waals surface area (Å²) in [6.07, 6.45) is 0.377. The lowest BCUT2D eigenvalue weighted by Crippen LogP contribution is -2.24. The molecule has 30 heavy (non-hydrogen) atoms. The fourth-order valence-electron chi connectivity index (χ4n) is 4.28. The average Bonchev–Trinajstić information content (AvgIpc) is 3.34. The highest BCUT2D eigenvalue weighted by molar-refractivity contribution is 6.09. The van der Waals surface area contributed by atoms with E-state index < -0.39 is 5.97 Å². The van der Waals surface area contributed by atoms with Crippen LogP contribution in [-0.4, -0.2) is 30.6 Å². The highest BCUT2D eigenvalue weighted by atomic mass is 16.5. The quantitative estimate of drug-likeness (QED) is 0.531. The van der Waals surface area contributed by atoms with Crippen molar-refractivity contribution < 1.29 is 23.8 Å². The van der Waals surface area contributed by atoms with Crippen LogP contribution in [0.25, 0.3) is 21.9 Å². The van der Waals surface area contributed by atoms with E-state index in [0.717, 1.165) is 21.9 Å². The lowest BCUT2D eigenvalue weighted by Gasteiger charge is -2.17. The molecule has 6 nitrogen and oxygen atoms in total. The predicted molar refractivity (Wildman–Crippen MR) is 113 cm³/mol. The molecule has 1 unspecified atom stereocenters. The topological polar surface area (TPSA) is 80.0 Å². The number of ether oxygens (including phenoxy) is 1. The van der Waals surface area contributed by atoms with Gasteiger partial charge in [0.05, 0.1) is 12.7 Å². The van der Waals surface area contributed by atoms with Crippen molar-refractivity contribution in [2.75, 3.05) is 18.6 Å². The van der Waals surface area contributed by atoms with Gasteiger partial charge < -0.3 is 19.2 Å². The molecule has 1 fully saturated rings. The van der Waals surface area contributed by atoms with Gasteiger partial charge in [0.25, 0.3) is 0 Å². The van der Waals surface area contributed by atoms with Gasteiger partial charge in [-0.3, -0.25) is 4.79 Å². The van der Waals surface area contributed by atoms with Crippen molar-refractivity contribution in [1.29, 1.82) is 0 Å². The number of carbonyl (C=O) groups is 2. The van der Waals surface area contributed by atoms with Gasteiger partial charge in [0, 0.05) is 35.3 Å². The van der Waals surface area contributed by atoms with Crippen molar-refractivity contribution in [2.45, 2.75) is 12.3 Å². The Morgan fingerprint density at radius 3 is 2.60 bits per heavy atom. The Bertz CT molecular complexity index is 1290. The van der Waals surface area contributed by atoms with Gasteiger partial charge in [-0.25, -0.2) is 4.79 Å². The Morgan fingerprint density at radius 2 is 1.87 bits per heavy atom. The van der Waals surface area contributed by atoms with E-state index in [1.807, 2.05) is 36.4 Å². The number of amides is 1. The fourth-order valence-corrected chi connectivity index (χ4v) is 4.28. The van der Waals surface area contributed by atoms with Crippen LogP contribution in [0.2, 0.25) is 0 Å². The van der Waals surface area contributed by atoms with E-state index in [4.69, 9.17) is 14.3 Å². The number of methoxy groups -OCH3 is 1. The molecule has 1 aliphatic heterocycles. The van der Waals surface area contributed by atoms with E-state index >= 15 is 0 Å². The minimum absolute atomic E-state index is 0.00828. The van der Waals surface area contributed by atoms with Crippen molar-refractivity contribution in [3.63, 3.8) is 0 Å². The molecular formula is C24H19NO5. The van der Waals surface area contributed by atoms with Gasteiger partial charge in [0.2, 0.25) is 5.91 Å². The second-order valence-electron chi connectivity index (χ2n) is 7.42. The van der Waals surface area contributed by atoms with Crippen LogP contribution in [0.1, 0.15) is 28.3 Å². The van der Waals surface area contributed by atoms with Gasteiger partial charge in [-0.15, -0.1) is 0 Å². The number of carboxylic acid groups (broad SMARTS) is 1. The summed E-state index contributed by atoms with van der Waals surface area (Å²) in [6, 6.07) is 18.1. The standard InChI is InChI=1S/C24H19NO5/c1-29-20-11-10-17(22-18-4-2-3-5-19(18)30-23(20)22)15-12-21(26)25(13-15)16-8-6-14(7-9-16)24(27)28/h2-11,15H,12-13H2,1H3,(H,27,28). The van der Waals surface area contributed by atoms with Crippen LogP contribution in [0, 0.1) is 0 Å². The molecule has 0 spiro atoms. The first-order valence-electron chi connectivity index (χ1n) is 9.68. The maximum atomic E-state index is 12.8. The second-order valence-corrected chi connectivity index (χ2v) is 7.42. The second kappa shape index (κ2) is 6.91. The molecule has 1 aromatic heterocycles. The zero-order chi connectivity index (χ0) is 20.8. The number of aromatic carboxylic acids is 1. The van der Waals surface area contributed by atoms with Gasteiger partial charge in [-0.2, -0.15) is 0 Å². The van der Waals surface area contributed by atoms with Crippen LogP contribution in [0.4, 0.5) is 5.69 Å². The van der Waals surface area contributed by atoms with Crippen LogP contribution in [0.5, 0.6) is 5.75 Å². The maximum absolute atomic E-state index is 12.8. The van der Waals surface area contributed by atoms with E-state index in [2.05, 4.69) is 0 Å². The highest BCUT2D eigenvalue weighted by Crippen LogP contribution is 2.42. The van der Waals surface area contributed by atoms with Crippen LogP contribution in [0.15, 0.2) is 65.1 Å². The van der Waals surface area contributed by atoms with E-state index in [9.17, 15) is 9.59 Å². The molecule has 6 heteroatoms. The van der Waals surface area contributed by atoms with Crippen LogP contribution in [-0.2, 0) is 4.79 Å². The molecule has 0 aliphatic carbocycles. The largest absolute Gasteiger partial charge is 0.493 e. The fraction of sp³-hybridized carbons (Fsp3) is 0.167. The number of carbonyl (C=O) groups excluding carboxylic acids is 1. The summed E-state index contributed by atoms with van der Waals surface area (Å²) in [5, 5.41) is 11.1. The molecule has 1 aliphatic rings. The summed E-state index contributed by atoms with van der Waals surface area (Å²) in [4.78, 5) is 25.6. The lowest BCUT2D eigenvalue weighted by atomic mass is 9.93. The minimum atomic E-state index is -0.986. The van der Waals surface area contributed by atoms with Crippen LogP contribution in [0.3, 0.4) is 0 Å². The summed E-state index contributed by atoms with van der Waals surface area (Å²) < 4.78 is 11.6. The van der Waals surface area contributed by atoms with Gasteiger partial charge in [0.15, 0.2) is 11.3 Å². The highest BCUT2D eigenvalue weighted by Gasteiger charge is 2.33. The number of fused-ring (bicyclic) bond motifs is 3. The molecule has 4 aromatic rings. The molecule has 1 N–H and O–H groups in total. The van der Waals surface area contributed by atoms with Crippen molar-refractivity contribution in [2.24, 2.45) is 0 Å². The number of nitrogens with zero attached hydrogens (tertiary/aromatic N) is 1. The SMILES string of the molecule is COc1ccc(C2CC(=O)N(c3ccc(C(=O)O)cc3)C2)c2c1oc1ccccc12. The number of para-hydroxylation sites is 1. The summed E-state index contributed by atoms with van der Waals surface area (Å²) in [5.74, 6) is -0.319. The molecule has 0 radical (unpaired) electrons. The molecule has 5 rings (SSSR count). The normalized spacial score (nSPS) is 16.5. The monoisotopic (exact) mass is 401 g/mol. The van der Waals surface area contributed by atoms with Gasteiger partial charge in [-0.1, -0.05) is 24.3 Å². The first-order valence-corrected chi connectivity index (χ1v) is 9.68. The third-order valence-corrected chi connectivity index (χ3v) is 5.73. The van der Waals surface area contributed by atoms with Gasteiger partial charge in [0.1, 0.15) is 5.58 Å². The van der Waals surface area contributed by atoms with Crippen molar-refractivity contribution in [1.82, 2.24) is 0 Å². The minimum Gasteiger partial charge on any atom is -0.493 e. The number of carboxylic acids is 1. The predicted octanol–water partition coefficient (Wildman–Crippen LogP) is 4.81. The number of furan rings is 1. The van der Waals surface area contributed by atoms with Crippen molar-refractivity contribution in [3.05, 3.63) is 71.8 Å². The Kier molecular flexibility index (Phi) is 4.20. The van der Waals surface area contributed by atoms with Crippen molar-refractivity contribution in [3.8, 4) is 5.75 Å². The number of anilines is 1. The van der Waals surface area contributed by atoms with E-state index in [1.54, 1.807) is 24.1 Å². The Labute approximate surface area is 172 Å². The zero-order valence-corrected chi connectivity index (χ0v) is 16.3. The molecule has 2 heterocycles. The summed E-state index contributed by atoms with van der Waals surface area (Å²) in [7, 11) is 1.61. The summed E-state index contributed by atoms with van der Waals surface area (Å²) in [6.45, 7) is 0.520. The Balaban J connectivity index is 1.56. The molecule has 150 valence electrons. The smallest absolute Gasteiger partial charge is 0.335 e. The summed E-state index contributed by atoms with van der Waals surface area (Å²) >= 11 is 0. The van der Waals surface area contributed by atoms with Crippen LogP contribution >= 0.6 is 0 Å². The molecule has 0 bridgehead atoms. The molecule has 1 saturated heterocycles. The number of hydrogen-bond donors (Lipinski definition) is 1. The number of rotatable bonds is 4. The third-order valence-electron chi connectivity index (χ3n) is 5.73. The number of hydrogen-bond acceptors (Lipinski definition) is 4. The Morgan fingerprint density at radius 1 is 1.10 bits per heavy atom. The van der Waals surface area contributed by atoms with Gasteiger partial charge >= 0.3 is 5.97 Å². The zero-order valence-electron chi connectivity index (χ0n) is 16.3. The molecule has 1 amide bonds. The third kappa shape index (κ3) is 2.80. The lowest BCUT2D eigenvalue weighted by molar-refractivity contribution is -0.117. The van der Waals surface area contributed by atoms with Gasteiger partial charge in [-0.05, 0) is 42.0 Å².